The van der Waals surface area contributed by atoms with Crippen molar-refractivity contribution in [2.24, 2.45) is 0 Å². The maximum Gasteiger partial charge on any atom is 0.0466 e. The van der Waals surface area contributed by atoms with E-state index in [-0.39, 0.29) is 0 Å². The molecule has 2 aromatic rings. The summed E-state index contributed by atoms with van der Waals surface area (Å²) in [4.78, 5) is 3.19. The first-order chi connectivity index (χ1) is 6.35. The molecule has 1 nitrogen and oxygen atoms in total. The van der Waals surface area contributed by atoms with Gasteiger partial charge in [0.15, 0.2) is 0 Å². The van der Waals surface area contributed by atoms with Gasteiger partial charge in [0.2, 0.25) is 0 Å². The summed E-state index contributed by atoms with van der Waals surface area (Å²) in [5.74, 6) is 0. The minimum atomic E-state index is 1.13. The van der Waals surface area contributed by atoms with E-state index in [2.05, 4.69) is 36.3 Å². The monoisotopic (exact) mass is 169 g/mol. The number of benzene rings is 1. The fraction of sp³-hybridized carbons (Fsp3) is 0. The van der Waals surface area contributed by atoms with Crippen LogP contribution in [0.3, 0.4) is 0 Å². The van der Waals surface area contributed by atoms with Crippen molar-refractivity contribution in [2.45, 2.75) is 0 Å². The van der Waals surface area contributed by atoms with Gasteiger partial charge in [0.1, 0.15) is 0 Å². The fourth-order valence-corrected chi connectivity index (χ4v) is 1.46. The Balaban J connectivity index is 2.74. The topological polar surface area (TPSA) is 15.8 Å². The lowest BCUT2D eigenvalue weighted by atomic mass is 10.1. The zero-order chi connectivity index (χ0) is 9.26. The third-order valence-electron chi connectivity index (χ3n) is 2.19. The molecule has 2 rings (SSSR count). The van der Waals surface area contributed by atoms with E-state index >= 15 is 0 Å². The summed E-state index contributed by atoms with van der Waals surface area (Å²) in [7, 11) is 0. The molecule has 13 heavy (non-hydrogen) atoms. The molecular weight excluding hydrogens is 158 g/mol. The van der Waals surface area contributed by atoms with Crippen molar-refractivity contribution in [3.05, 3.63) is 48.7 Å². The number of aromatic amines is 1. The highest BCUT2D eigenvalue weighted by Gasteiger charge is 1.99. The van der Waals surface area contributed by atoms with Gasteiger partial charge in [-0.1, -0.05) is 37.4 Å². The van der Waals surface area contributed by atoms with Crippen LogP contribution in [0, 0.1) is 0 Å². The van der Waals surface area contributed by atoms with Gasteiger partial charge < -0.3 is 4.98 Å². The lowest BCUT2D eigenvalue weighted by molar-refractivity contribution is 1.47. The Morgan fingerprint density at radius 3 is 2.69 bits per heavy atom. The number of nitrogens with one attached hydrogen (secondary N) is 1. The summed E-state index contributed by atoms with van der Waals surface area (Å²) in [5.41, 5.74) is 3.41. The lowest BCUT2D eigenvalue weighted by Gasteiger charge is -1.94. The van der Waals surface area contributed by atoms with E-state index in [0.29, 0.717) is 0 Å². The van der Waals surface area contributed by atoms with Crippen LogP contribution in [-0.2, 0) is 0 Å². The number of hydrogen-bond acceptors (Lipinski definition) is 0. The van der Waals surface area contributed by atoms with Gasteiger partial charge in [0.25, 0.3) is 0 Å². The quantitative estimate of drug-likeness (QED) is 0.708. The largest absolute Gasteiger partial charge is 0.361 e. The lowest BCUT2D eigenvalue weighted by Crippen LogP contribution is -1.72. The van der Waals surface area contributed by atoms with E-state index in [1.54, 1.807) is 0 Å². The van der Waals surface area contributed by atoms with Crippen LogP contribution in [0.15, 0.2) is 37.6 Å². The van der Waals surface area contributed by atoms with Gasteiger partial charge in [0.05, 0.1) is 0 Å². The van der Waals surface area contributed by atoms with Crippen LogP contribution in [0.25, 0.3) is 23.1 Å². The van der Waals surface area contributed by atoms with Crippen molar-refractivity contribution in [3.8, 4) is 0 Å². The maximum absolute atomic E-state index is 3.76. The third-order valence-corrected chi connectivity index (χ3v) is 2.19. The zero-order valence-corrected chi connectivity index (χ0v) is 7.38. The molecule has 64 valence electrons. The highest BCUT2D eigenvalue weighted by Crippen LogP contribution is 2.20. The molecule has 1 N–H and O–H groups in total. The molecule has 0 aliphatic carbocycles. The highest BCUT2D eigenvalue weighted by molar-refractivity contribution is 5.89. The summed E-state index contributed by atoms with van der Waals surface area (Å²) < 4.78 is 0. The molecule has 1 heteroatoms. The summed E-state index contributed by atoms with van der Waals surface area (Å²) >= 11 is 0. The number of aromatic nitrogens is 1. The van der Waals surface area contributed by atoms with E-state index in [1.165, 1.54) is 5.39 Å². The number of fused-ring (bicyclic) bond motifs is 1. The smallest absolute Gasteiger partial charge is 0.0466 e. The first kappa shape index (κ1) is 7.87. The number of rotatable bonds is 2. The van der Waals surface area contributed by atoms with Crippen LogP contribution in [-0.4, -0.2) is 4.98 Å². The van der Waals surface area contributed by atoms with Crippen molar-refractivity contribution in [1.82, 2.24) is 4.98 Å². The van der Waals surface area contributed by atoms with Crippen molar-refractivity contribution in [3.63, 3.8) is 0 Å². The van der Waals surface area contributed by atoms with Crippen molar-refractivity contribution >= 4 is 23.1 Å². The molecule has 0 saturated carbocycles. The molecule has 0 radical (unpaired) electrons. The van der Waals surface area contributed by atoms with E-state index in [4.69, 9.17) is 0 Å². The van der Waals surface area contributed by atoms with Gasteiger partial charge in [-0.2, -0.15) is 0 Å². The molecule has 0 saturated heterocycles. The summed E-state index contributed by atoms with van der Waals surface area (Å²) in [6.45, 7) is 7.49. The normalized spacial score (nSPS) is 10.2. The van der Waals surface area contributed by atoms with Crippen molar-refractivity contribution in [2.75, 3.05) is 0 Å². The Kier molecular flexibility index (Phi) is 1.78. The van der Waals surface area contributed by atoms with E-state index in [1.807, 2.05) is 18.3 Å². The average molecular weight is 169 g/mol. The van der Waals surface area contributed by atoms with Crippen LogP contribution in [0.5, 0.6) is 0 Å². The predicted molar refractivity (Wildman–Crippen MR) is 58.5 cm³/mol. The minimum absolute atomic E-state index is 1.13. The van der Waals surface area contributed by atoms with Gasteiger partial charge in [-0.05, 0) is 17.2 Å². The number of hydrogen-bond donors (Lipinski definition) is 1. The molecule has 0 spiro atoms. The first-order valence-corrected chi connectivity index (χ1v) is 4.21. The number of H-pyrrole nitrogens is 1. The molecule has 1 heterocycles. The zero-order valence-electron chi connectivity index (χ0n) is 7.38. The first-order valence-electron chi connectivity index (χ1n) is 4.21. The van der Waals surface area contributed by atoms with Gasteiger partial charge in [-0.25, -0.2) is 0 Å². The Morgan fingerprint density at radius 1 is 1.15 bits per heavy atom. The molecule has 0 amide bonds. The van der Waals surface area contributed by atoms with Crippen molar-refractivity contribution in [1.29, 1.82) is 0 Å². The molecule has 0 bridgehead atoms. The second-order valence-electron chi connectivity index (χ2n) is 2.96. The third kappa shape index (κ3) is 1.18. The summed E-state index contributed by atoms with van der Waals surface area (Å²) in [6.07, 6.45) is 5.66. The minimum Gasteiger partial charge on any atom is -0.361 e. The van der Waals surface area contributed by atoms with Crippen LogP contribution in [0.2, 0.25) is 0 Å². The Bertz CT molecular complexity index is 463. The van der Waals surface area contributed by atoms with Crippen LogP contribution in [0.1, 0.15) is 11.1 Å². The Morgan fingerprint density at radius 2 is 2.00 bits per heavy atom. The molecular formula is C12H11N. The Hall–Kier alpha value is -1.76. The predicted octanol–water partition coefficient (Wildman–Crippen LogP) is 3.45. The molecule has 0 fully saturated rings. The average Bonchev–Trinajstić information content (AvgIpc) is 2.59. The molecule has 0 unspecified atom stereocenters. The fourth-order valence-electron chi connectivity index (χ4n) is 1.46. The molecule has 0 atom stereocenters. The Labute approximate surface area is 77.4 Å². The molecule has 1 aromatic carbocycles. The van der Waals surface area contributed by atoms with Crippen LogP contribution >= 0.6 is 0 Å². The molecule has 0 aliphatic heterocycles. The highest BCUT2D eigenvalue weighted by atomic mass is 14.7. The van der Waals surface area contributed by atoms with Gasteiger partial charge in [-0.3, -0.25) is 0 Å². The molecule has 1 aromatic heterocycles. The second-order valence-corrected chi connectivity index (χ2v) is 2.96. The summed E-state index contributed by atoms with van der Waals surface area (Å²) in [6, 6.07) is 6.21. The summed E-state index contributed by atoms with van der Waals surface area (Å²) in [5, 5.41) is 1.21. The SMILES string of the molecule is C=Cc1ccc2c(C=C)c[nH]c2c1. The van der Waals surface area contributed by atoms with E-state index in [0.717, 1.165) is 16.6 Å². The van der Waals surface area contributed by atoms with Gasteiger partial charge in [0, 0.05) is 17.1 Å². The van der Waals surface area contributed by atoms with Gasteiger partial charge in [-0.15, -0.1) is 0 Å². The maximum atomic E-state index is 3.76. The van der Waals surface area contributed by atoms with Crippen LogP contribution < -0.4 is 0 Å². The van der Waals surface area contributed by atoms with E-state index < -0.39 is 0 Å². The van der Waals surface area contributed by atoms with E-state index in [9.17, 15) is 0 Å². The van der Waals surface area contributed by atoms with Crippen LogP contribution in [0.4, 0.5) is 0 Å². The standard InChI is InChI=1S/C12H11N/c1-3-9-5-6-11-10(4-2)8-13-12(11)7-9/h3-8,13H,1-2H2. The van der Waals surface area contributed by atoms with Crippen molar-refractivity contribution < 1.29 is 0 Å². The second kappa shape index (κ2) is 2.94. The molecule has 0 aliphatic rings. The van der Waals surface area contributed by atoms with Gasteiger partial charge >= 0.3 is 0 Å².